The first kappa shape index (κ1) is 18.7. The molecular formula is C21H23NO2S. The highest BCUT2D eigenvalue weighted by Gasteiger charge is 2.17. The fraction of sp³-hybridized carbons (Fsp3) is 0.190. The summed E-state index contributed by atoms with van der Waals surface area (Å²) in [4.78, 5) is 2.38. The van der Waals surface area contributed by atoms with Crippen LogP contribution in [0.5, 0.6) is 0 Å². The maximum absolute atomic E-state index is 11.7. The Hall–Kier alpha value is -2.59. The van der Waals surface area contributed by atoms with Gasteiger partial charge in [-0.2, -0.15) is 8.42 Å². The van der Waals surface area contributed by atoms with Gasteiger partial charge in [-0.25, -0.2) is 0 Å². The van der Waals surface area contributed by atoms with Crippen molar-refractivity contribution in [2.75, 3.05) is 13.1 Å². The van der Waals surface area contributed by atoms with E-state index in [9.17, 15) is 8.42 Å². The Kier molecular flexibility index (Phi) is 6.78. The van der Waals surface area contributed by atoms with E-state index in [-0.39, 0.29) is 5.92 Å². The molecule has 0 N–H and O–H groups in total. The van der Waals surface area contributed by atoms with Crippen LogP contribution in [0.25, 0.3) is 6.08 Å². The van der Waals surface area contributed by atoms with Crippen molar-refractivity contribution < 1.29 is 8.42 Å². The number of rotatable bonds is 7. The highest BCUT2D eigenvalue weighted by Crippen LogP contribution is 2.19. The zero-order valence-electron chi connectivity index (χ0n) is 14.4. The van der Waals surface area contributed by atoms with Gasteiger partial charge >= 0.3 is 0 Å². The maximum Gasteiger partial charge on any atom is 0.218 e. The highest BCUT2D eigenvalue weighted by atomic mass is 32.2. The number of hydrogen-bond acceptors (Lipinski definition) is 3. The molecule has 1 aliphatic rings. The van der Waals surface area contributed by atoms with Crippen LogP contribution in [0.2, 0.25) is 0 Å². The van der Waals surface area contributed by atoms with Crippen LogP contribution < -0.4 is 0 Å². The summed E-state index contributed by atoms with van der Waals surface area (Å²) in [6, 6.07) is 8.10. The predicted molar refractivity (Wildman–Crippen MR) is 107 cm³/mol. The molecule has 0 bridgehead atoms. The van der Waals surface area contributed by atoms with E-state index in [0.29, 0.717) is 18.0 Å². The van der Waals surface area contributed by atoms with E-state index in [1.54, 1.807) is 18.2 Å². The summed E-state index contributed by atoms with van der Waals surface area (Å²) < 4.78 is 23.4. The average Bonchev–Trinajstić information content (AvgIpc) is 2.61. The molecule has 0 saturated heterocycles. The van der Waals surface area contributed by atoms with Gasteiger partial charge in [-0.05, 0) is 24.6 Å². The Morgan fingerprint density at radius 2 is 1.76 bits per heavy atom. The topological polar surface area (TPSA) is 37.4 Å². The number of allylic oxidation sites excluding steroid dienone is 4. The number of nitrogens with zero attached hydrogens (tertiary/aromatic N) is 1. The normalized spacial score (nSPS) is 16.6. The van der Waals surface area contributed by atoms with Crippen LogP contribution in [0.15, 0.2) is 79.6 Å². The van der Waals surface area contributed by atoms with Crippen molar-refractivity contribution in [3.63, 3.8) is 0 Å². The molecule has 0 fully saturated rings. The molecule has 2 rings (SSSR count). The SMILES string of the molecule is C=CCN(CC=C)C1=CC(=S(=O)=O)C(C=Cc2ccc(C)cc2)C=C1. The third kappa shape index (κ3) is 5.19. The lowest BCUT2D eigenvalue weighted by Gasteiger charge is -2.25. The summed E-state index contributed by atoms with van der Waals surface area (Å²) in [7, 11) is -2.28. The number of benzene rings is 1. The fourth-order valence-corrected chi connectivity index (χ4v) is 3.19. The Balaban J connectivity index is 2.27. The minimum absolute atomic E-state index is 0.266. The summed E-state index contributed by atoms with van der Waals surface area (Å²) >= 11 is 0. The van der Waals surface area contributed by atoms with Gasteiger partial charge in [-0.1, -0.05) is 60.2 Å². The molecule has 0 aromatic heterocycles. The zero-order chi connectivity index (χ0) is 18.2. The largest absolute Gasteiger partial charge is 0.364 e. The van der Waals surface area contributed by atoms with Crippen LogP contribution in [0.4, 0.5) is 0 Å². The van der Waals surface area contributed by atoms with Crippen molar-refractivity contribution in [3.05, 3.63) is 90.7 Å². The molecule has 0 spiro atoms. The smallest absolute Gasteiger partial charge is 0.218 e. The average molecular weight is 353 g/mol. The first-order valence-electron chi connectivity index (χ1n) is 8.12. The van der Waals surface area contributed by atoms with Crippen LogP contribution in [-0.2, 0) is 10.3 Å². The molecule has 130 valence electrons. The lowest BCUT2D eigenvalue weighted by atomic mass is 9.97. The van der Waals surface area contributed by atoms with Gasteiger partial charge in [0, 0.05) is 24.7 Å². The number of hydrogen-bond donors (Lipinski definition) is 0. The number of aryl methyl sites for hydroxylation is 1. The molecule has 1 aliphatic carbocycles. The van der Waals surface area contributed by atoms with Crippen molar-refractivity contribution >= 4 is 21.2 Å². The molecule has 1 aromatic rings. The molecule has 25 heavy (non-hydrogen) atoms. The summed E-state index contributed by atoms with van der Waals surface area (Å²) in [5.74, 6) is -0.266. The molecule has 1 aromatic carbocycles. The van der Waals surface area contributed by atoms with Crippen LogP contribution in [0.1, 0.15) is 11.1 Å². The Morgan fingerprint density at radius 1 is 1.12 bits per heavy atom. The van der Waals surface area contributed by atoms with Crippen LogP contribution >= 0.6 is 0 Å². The second-order valence-corrected chi connectivity index (χ2v) is 6.78. The van der Waals surface area contributed by atoms with E-state index in [0.717, 1.165) is 11.3 Å². The molecule has 1 atom stereocenters. The second-order valence-electron chi connectivity index (χ2n) is 5.84. The molecule has 1 unspecified atom stereocenters. The van der Waals surface area contributed by atoms with Crippen molar-refractivity contribution in [3.8, 4) is 0 Å². The fourth-order valence-electron chi connectivity index (χ4n) is 2.59. The van der Waals surface area contributed by atoms with E-state index < -0.39 is 10.3 Å². The minimum Gasteiger partial charge on any atom is -0.364 e. The highest BCUT2D eigenvalue weighted by molar-refractivity contribution is 7.73. The van der Waals surface area contributed by atoms with Gasteiger partial charge in [0.15, 0.2) is 0 Å². The van der Waals surface area contributed by atoms with Crippen LogP contribution in [0.3, 0.4) is 0 Å². The molecule has 0 heterocycles. The molecule has 0 saturated carbocycles. The third-order valence-electron chi connectivity index (χ3n) is 3.92. The van der Waals surface area contributed by atoms with Crippen LogP contribution in [0, 0.1) is 12.8 Å². The molecule has 3 nitrogen and oxygen atoms in total. The van der Waals surface area contributed by atoms with Crippen LogP contribution in [-0.4, -0.2) is 31.3 Å². The standard InChI is InChI=1S/C21H23NO2S/c1-4-14-22(15-5-2)20-13-12-19(21(16-20)25(23)24)11-10-18-8-6-17(3)7-9-18/h4-13,16,19H,1-2,14-15H2,3H3. The quantitative estimate of drug-likeness (QED) is 0.553. The monoisotopic (exact) mass is 353 g/mol. The van der Waals surface area contributed by atoms with Gasteiger partial charge < -0.3 is 4.90 Å². The maximum atomic E-state index is 11.7. The second kappa shape index (κ2) is 9.04. The summed E-state index contributed by atoms with van der Waals surface area (Å²) in [5.41, 5.74) is 3.09. The lowest BCUT2D eigenvalue weighted by Crippen LogP contribution is -2.26. The van der Waals surface area contributed by atoms with Crippen molar-refractivity contribution in [1.82, 2.24) is 4.90 Å². The molecule has 0 radical (unpaired) electrons. The van der Waals surface area contributed by atoms with Crippen molar-refractivity contribution in [2.45, 2.75) is 6.92 Å². The summed E-state index contributed by atoms with van der Waals surface area (Å²) in [6.45, 7) is 10.8. The first-order chi connectivity index (χ1) is 12.0. The van der Waals surface area contributed by atoms with Gasteiger partial charge in [0.05, 0.1) is 4.86 Å². The minimum atomic E-state index is -2.28. The molecule has 0 amide bonds. The van der Waals surface area contributed by atoms with E-state index in [1.807, 2.05) is 60.4 Å². The lowest BCUT2D eigenvalue weighted by molar-refractivity contribution is 0.435. The van der Waals surface area contributed by atoms with E-state index in [4.69, 9.17) is 0 Å². The summed E-state index contributed by atoms with van der Waals surface area (Å²) in [6.07, 6.45) is 13.0. The van der Waals surface area contributed by atoms with Gasteiger partial charge in [0.25, 0.3) is 0 Å². The van der Waals surface area contributed by atoms with Gasteiger partial charge in [0.1, 0.15) is 0 Å². The Labute approximate surface area is 151 Å². The van der Waals surface area contributed by atoms with Gasteiger partial charge in [-0.3, -0.25) is 0 Å². The zero-order valence-corrected chi connectivity index (χ0v) is 15.2. The molecular weight excluding hydrogens is 330 g/mol. The van der Waals surface area contributed by atoms with E-state index >= 15 is 0 Å². The van der Waals surface area contributed by atoms with E-state index in [2.05, 4.69) is 13.2 Å². The molecule has 0 aliphatic heterocycles. The Morgan fingerprint density at radius 3 is 2.32 bits per heavy atom. The van der Waals surface area contributed by atoms with Crippen molar-refractivity contribution in [1.29, 1.82) is 0 Å². The van der Waals surface area contributed by atoms with Gasteiger partial charge in [-0.15, -0.1) is 13.2 Å². The third-order valence-corrected chi connectivity index (χ3v) is 4.70. The molecule has 4 heteroatoms. The first-order valence-corrected chi connectivity index (χ1v) is 9.20. The van der Waals surface area contributed by atoms with E-state index in [1.165, 1.54) is 5.56 Å². The van der Waals surface area contributed by atoms with Crippen molar-refractivity contribution in [2.24, 2.45) is 5.92 Å². The summed E-state index contributed by atoms with van der Waals surface area (Å²) in [5, 5.41) is 0. The Bertz CT molecular complexity index is 838. The predicted octanol–water partition coefficient (Wildman–Crippen LogP) is 3.80. The van der Waals surface area contributed by atoms with Gasteiger partial charge in [0.2, 0.25) is 10.3 Å².